The number of amides is 1. The zero-order chi connectivity index (χ0) is 17.0. The number of hydrogen-bond acceptors (Lipinski definition) is 3. The lowest BCUT2D eigenvalue weighted by atomic mass is 9.95. The quantitative estimate of drug-likeness (QED) is 0.875. The highest BCUT2D eigenvalue weighted by atomic mass is 19.1. The van der Waals surface area contributed by atoms with E-state index in [9.17, 15) is 14.3 Å². The molecule has 5 heteroatoms. The van der Waals surface area contributed by atoms with Crippen LogP contribution in [-0.4, -0.2) is 41.1 Å². The number of carbonyl (C=O) groups is 1. The van der Waals surface area contributed by atoms with Crippen molar-refractivity contribution in [3.8, 4) is 0 Å². The number of likely N-dealkylation sites (tertiary alicyclic amines) is 1. The second kappa shape index (κ2) is 7.41. The maximum absolute atomic E-state index is 13.0. The predicted octanol–water partition coefficient (Wildman–Crippen LogP) is 2.41. The Bertz CT molecular complexity index is 528. The zero-order valence-electron chi connectivity index (χ0n) is 14.2. The molecule has 0 aromatic heterocycles. The molecule has 2 unspecified atom stereocenters. The lowest BCUT2D eigenvalue weighted by molar-refractivity contribution is -0.129. The van der Waals surface area contributed by atoms with E-state index in [2.05, 4.69) is 24.1 Å². The smallest absolute Gasteiger partial charge is 0.237 e. The molecule has 1 fully saturated rings. The molecule has 1 aromatic rings. The Morgan fingerprint density at radius 2 is 2.04 bits per heavy atom. The van der Waals surface area contributed by atoms with Crippen LogP contribution in [0.25, 0.3) is 0 Å². The number of nitrogens with zero attached hydrogens (tertiary/aromatic N) is 1. The molecule has 23 heavy (non-hydrogen) atoms. The van der Waals surface area contributed by atoms with Crippen LogP contribution in [0.2, 0.25) is 0 Å². The van der Waals surface area contributed by atoms with Crippen LogP contribution in [0.5, 0.6) is 0 Å². The summed E-state index contributed by atoms with van der Waals surface area (Å²) in [6.07, 6.45) is 3.02. The Hall–Kier alpha value is -1.46. The molecule has 0 aliphatic carbocycles. The number of carbonyl (C=O) groups excluding carboxylic acids is 1. The average Bonchev–Trinajstić information content (AvgIpc) is 2.53. The first-order chi connectivity index (χ1) is 10.8. The van der Waals surface area contributed by atoms with Crippen molar-refractivity contribution in [3.05, 3.63) is 35.6 Å². The molecule has 1 heterocycles. The number of nitrogens with one attached hydrogen (secondary N) is 1. The summed E-state index contributed by atoms with van der Waals surface area (Å²) in [5.41, 5.74) is -0.635. The van der Waals surface area contributed by atoms with Crippen molar-refractivity contribution in [1.82, 2.24) is 10.2 Å². The molecule has 2 rings (SSSR count). The Morgan fingerprint density at radius 1 is 1.39 bits per heavy atom. The fourth-order valence-electron chi connectivity index (χ4n) is 3.14. The van der Waals surface area contributed by atoms with E-state index in [1.165, 1.54) is 12.1 Å². The van der Waals surface area contributed by atoms with Crippen LogP contribution >= 0.6 is 0 Å². The third-order valence-electron chi connectivity index (χ3n) is 4.58. The van der Waals surface area contributed by atoms with Gasteiger partial charge in [0.1, 0.15) is 11.4 Å². The van der Waals surface area contributed by atoms with E-state index < -0.39 is 5.60 Å². The third-order valence-corrected chi connectivity index (χ3v) is 4.58. The number of rotatable bonds is 5. The number of benzene rings is 1. The maximum Gasteiger partial charge on any atom is 0.237 e. The van der Waals surface area contributed by atoms with E-state index in [1.807, 2.05) is 0 Å². The Kier molecular flexibility index (Phi) is 5.76. The van der Waals surface area contributed by atoms with E-state index in [0.29, 0.717) is 11.6 Å². The summed E-state index contributed by atoms with van der Waals surface area (Å²) in [7, 11) is 0. The molecule has 1 saturated heterocycles. The molecule has 0 bridgehead atoms. The van der Waals surface area contributed by atoms with Crippen molar-refractivity contribution < 1.29 is 14.3 Å². The Morgan fingerprint density at radius 3 is 2.65 bits per heavy atom. The first kappa shape index (κ1) is 17.9. The van der Waals surface area contributed by atoms with Crippen LogP contribution in [0.4, 0.5) is 4.39 Å². The van der Waals surface area contributed by atoms with Gasteiger partial charge in [-0.1, -0.05) is 18.6 Å². The standard InChI is InChI=1S/C18H27FN2O2/c1-13(2)21-11-5-4-6-16(21)17(22)20-12-18(3,23)14-7-9-15(19)10-8-14/h7-10,13,16,23H,4-6,11-12H2,1-3H3,(H,20,22). The van der Waals surface area contributed by atoms with Gasteiger partial charge >= 0.3 is 0 Å². The summed E-state index contributed by atoms with van der Waals surface area (Å²) in [6.45, 7) is 6.87. The molecular weight excluding hydrogens is 295 g/mol. The molecule has 128 valence electrons. The van der Waals surface area contributed by atoms with Crippen molar-refractivity contribution in [2.45, 2.75) is 57.7 Å². The SMILES string of the molecule is CC(C)N1CCCCC1C(=O)NCC(C)(O)c1ccc(F)cc1. The molecule has 1 aliphatic heterocycles. The predicted molar refractivity (Wildman–Crippen MR) is 88.5 cm³/mol. The van der Waals surface area contributed by atoms with Gasteiger partial charge < -0.3 is 10.4 Å². The molecule has 1 aromatic carbocycles. The highest BCUT2D eigenvalue weighted by Gasteiger charge is 2.32. The lowest BCUT2D eigenvalue weighted by Gasteiger charge is -2.38. The normalized spacial score (nSPS) is 21.9. The molecule has 2 N–H and O–H groups in total. The minimum absolute atomic E-state index is 0.0409. The minimum Gasteiger partial charge on any atom is -0.384 e. The fourth-order valence-corrected chi connectivity index (χ4v) is 3.14. The topological polar surface area (TPSA) is 52.6 Å². The Labute approximate surface area is 137 Å². The summed E-state index contributed by atoms with van der Waals surface area (Å²) in [6, 6.07) is 5.90. The van der Waals surface area contributed by atoms with Gasteiger partial charge in [0.05, 0.1) is 12.6 Å². The van der Waals surface area contributed by atoms with Gasteiger partial charge in [0.2, 0.25) is 5.91 Å². The van der Waals surface area contributed by atoms with Crippen molar-refractivity contribution in [2.75, 3.05) is 13.1 Å². The minimum atomic E-state index is -1.22. The fraction of sp³-hybridized carbons (Fsp3) is 0.611. The molecular formula is C18H27FN2O2. The number of piperidine rings is 1. The van der Waals surface area contributed by atoms with Gasteiger partial charge in [-0.05, 0) is 57.9 Å². The molecule has 1 amide bonds. The van der Waals surface area contributed by atoms with Crippen molar-refractivity contribution in [3.63, 3.8) is 0 Å². The van der Waals surface area contributed by atoms with Gasteiger partial charge in [-0.3, -0.25) is 9.69 Å². The summed E-state index contributed by atoms with van der Waals surface area (Å²) in [5.74, 6) is -0.385. The third kappa shape index (κ3) is 4.52. The van der Waals surface area contributed by atoms with Crippen LogP contribution < -0.4 is 5.32 Å². The molecule has 0 radical (unpaired) electrons. The lowest BCUT2D eigenvalue weighted by Crippen LogP contribution is -2.53. The molecule has 0 saturated carbocycles. The van der Waals surface area contributed by atoms with Crippen LogP contribution in [0.15, 0.2) is 24.3 Å². The monoisotopic (exact) mass is 322 g/mol. The summed E-state index contributed by atoms with van der Waals surface area (Å²) < 4.78 is 13.0. The second-order valence-electron chi connectivity index (χ2n) is 6.84. The summed E-state index contributed by atoms with van der Waals surface area (Å²) >= 11 is 0. The van der Waals surface area contributed by atoms with Crippen LogP contribution in [-0.2, 0) is 10.4 Å². The first-order valence-electron chi connectivity index (χ1n) is 8.33. The van der Waals surface area contributed by atoms with Gasteiger partial charge in [-0.2, -0.15) is 0 Å². The molecule has 1 aliphatic rings. The first-order valence-corrected chi connectivity index (χ1v) is 8.33. The van der Waals surface area contributed by atoms with Gasteiger partial charge in [-0.15, -0.1) is 0 Å². The van der Waals surface area contributed by atoms with Gasteiger partial charge in [0.25, 0.3) is 0 Å². The summed E-state index contributed by atoms with van der Waals surface area (Å²) in [5, 5.41) is 13.4. The van der Waals surface area contributed by atoms with Crippen LogP contribution in [0, 0.1) is 5.82 Å². The molecule has 0 spiro atoms. The van der Waals surface area contributed by atoms with Crippen molar-refractivity contribution in [1.29, 1.82) is 0 Å². The van der Waals surface area contributed by atoms with E-state index in [0.717, 1.165) is 25.8 Å². The molecule has 4 nitrogen and oxygen atoms in total. The summed E-state index contributed by atoms with van der Waals surface area (Å²) in [4.78, 5) is 14.7. The average molecular weight is 322 g/mol. The van der Waals surface area contributed by atoms with Crippen LogP contribution in [0.1, 0.15) is 45.6 Å². The van der Waals surface area contributed by atoms with Crippen molar-refractivity contribution in [2.24, 2.45) is 0 Å². The number of halogens is 1. The van der Waals surface area contributed by atoms with Crippen molar-refractivity contribution >= 4 is 5.91 Å². The van der Waals surface area contributed by atoms with E-state index >= 15 is 0 Å². The van der Waals surface area contributed by atoms with Gasteiger partial charge in [-0.25, -0.2) is 4.39 Å². The van der Waals surface area contributed by atoms with E-state index in [1.54, 1.807) is 19.1 Å². The van der Waals surface area contributed by atoms with E-state index in [4.69, 9.17) is 0 Å². The van der Waals surface area contributed by atoms with Gasteiger partial charge in [0.15, 0.2) is 0 Å². The molecule has 2 atom stereocenters. The maximum atomic E-state index is 13.0. The van der Waals surface area contributed by atoms with Gasteiger partial charge in [0, 0.05) is 6.04 Å². The highest BCUT2D eigenvalue weighted by Crippen LogP contribution is 2.22. The zero-order valence-corrected chi connectivity index (χ0v) is 14.2. The number of aliphatic hydroxyl groups is 1. The second-order valence-corrected chi connectivity index (χ2v) is 6.84. The Balaban J connectivity index is 1.98. The number of hydrogen-bond donors (Lipinski definition) is 2. The largest absolute Gasteiger partial charge is 0.384 e. The van der Waals surface area contributed by atoms with E-state index in [-0.39, 0.29) is 24.3 Å². The van der Waals surface area contributed by atoms with Crippen LogP contribution in [0.3, 0.4) is 0 Å². The highest BCUT2D eigenvalue weighted by molar-refractivity contribution is 5.82.